The molecule has 1 aliphatic heterocycles. The summed E-state index contributed by atoms with van der Waals surface area (Å²) < 4.78 is 69.1. The van der Waals surface area contributed by atoms with Crippen LogP contribution in [0.15, 0.2) is 47.9 Å². The van der Waals surface area contributed by atoms with E-state index in [9.17, 15) is 26.7 Å². The van der Waals surface area contributed by atoms with Crippen LogP contribution in [-0.2, 0) is 22.2 Å². The third-order valence-corrected chi connectivity index (χ3v) is 8.85. The van der Waals surface area contributed by atoms with E-state index in [1.54, 1.807) is 6.20 Å². The number of hydrogen-bond donors (Lipinski definition) is 1. The summed E-state index contributed by atoms with van der Waals surface area (Å²) in [6.07, 6.45) is 2.92. The van der Waals surface area contributed by atoms with Crippen LogP contribution in [0.25, 0.3) is 0 Å². The van der Waals surface area contributed by atoms with Crippen LogP contribution < -0.4 is 0 Å². The van der Waals surface area contributed by atoms with Crippen molar-refractivity contribution < 1.29 is 26.7 Å². The van der Waals surface area contributed by atoms with E-state index in [0.29, 0.717) is 26.6 Å². The number of sulfonamides is 1. The third kappa shape index (κ3) is 4.82. The van der Waals surface area contributed by atoms with Gasteiger partial charge in [-0.3, -0.25) is 4.90 Å². The Kier molecular flexibility index (Phi) is 6.13. The largest absolute Gasteiger partial charge is 0.421 e. The summed E-state index contributed by atoms with van der Waals surface area (Å²) >= 11 is 0. The molecule has 2 atom stereocenters. The highest BCUT2D eigenvalue weighted by molar-refractivity contribution is 7.89. The molecule has 0 spiro atoms. The standard InChI is InChI=1S/C22H29F3N4O3S/c1-17-13-27(14-21(7-8-21)15-28-10-9-26-16-28)11-12-29(17)33(31,32)19-5-3-18(4-6-19)20(2,30)22(23,24)25/h3-6,9-10,16-17,30H,7-8,11-15H2,1-2H3. The third-order valence-electron chi connectivity index (χ3n) is 6.82. The molecule has 1 aliphatic carbocycles. The highest BCUT2D eigenvalue weighted by Gasteiger charge is 2.51. The van der Waals surface area contributed by atoms with Crippen LogP contribution in [0.2, 0.25) is 0 Å². The monoisotopic (exact) mass is 486 g/mol. The first-order valence-electron chi connectivity index (χ1n) is 10.9. The second kappa shape index (κ2) is 8.37. The molecule has 1 saturated carbocycles. The minimum atomic E-state index is -4.87. The molecule has 2 heterocycles. The Morgan fingerprint density at radius 1 is 1.15 bits per heavy atom. The minimum absolute atomic E-state index is 0.0803. The molecular formula is C22H29F3N4O3S. The van der Waals surface area contributed by atoms with Crippen LogP contribution in [0.3, 0.4) is 0 Å². The number of benzene rings is 1. The number of halogens is 3. The summed E-state index contributed by atoms with van der Waals surface area (Å²) in [7, 11) is -3.87. The number of rotatable bonds is 7. The zero-order chi connectivity index (χ0) is 24.1. The van der Waals surface area contributed by atoms with Crippen molar-refractivity contribution in [2.24, 2.45) is 5.41 Å². The molecule has 4 rings (SSSR count). The minimum Gasteiger partial charge on any atom is -0.376 e. The lowest BCUT2D eigenvalue weighted by Crippen LogP contribution is -2.55. The van der Waals surface area contributed by atoms with Crippen molar-refractivity contribution in [3.05, 3.63) is 48.5 Å². The molecule has 0 radical (unpaired) electrons. The number of alkyl halides is 3. The molecule has 7 nitrogen and oxygen atoms in total. The number of nitrogens with zero attached hydrogens (tertiary/aromatic N) is 4. The lowest BCUT2D eigenvalue weighted by molar-refractivity contribution is -0.258. The molecule has 2 unspecified atom stereocenters. The summed E-state index contributed by atoms with van der Waals surface area (Å²) in [5.74, 6) is 0. The summed E-state index contributed by atoms with van der Waals surface area (Å²) in [6.45, 7) is 5.78. The van der Waals surface area contributed by atoms with Gasteiger partial charge in [0.25, 0.3) is 0 Å². The predicted molar refractivity (Wildman–Crippen MR) is 116 cm³/mol. The predicted octanol–water partition coefficient (Wildman–Crippen LogP) is 2.83. The maximum Gasteiger partial charge on any atom is 0.421 e. The molecule has 2 aromatic rings. The van der Waals surface area contributed by atoms with E-state index in [-0.39, 0.29) is 16.4 Å². The van der Waals surface area contributed by atoms with Gasteiger partial charge < -0.3 is 9.67 Å². The molecule has 1 saturated heterocycles. The van der Waals surface area contributed by atoms with Gasteiger partial charge in [-0.1, -0.05) is 12.1 Å². The van der Waals surface area contributed by atoms with Crippen LogP contribution in [0, 0.1) is 5.41 Å². The fraction of sp³-hybridized carbons (Fsp3) is 0.591. The van der Waals surface area contributed by atoms with E-state index in [0.717, 1.165) is 50.2 Å². The molecule has 2 fully saturated rings. The van der Waals surface area contributed by atoms with Crippen LogP contribution in [0.5, 0.6) is 0 Å². The van der Waals surface area contributed by atoms with Crippen molar-refractivity contribution in [1.82, 2.24) is 18.8 Å². The average Bonchev–Trinajstić information content (AvgIpc) is 3.27. The fourth-order valence-corrected chi connectivity index (χ4v) is 6.17. The van der Waals surface area contributed by atoms with Crippen molar-refractivity contribution in [1.29, 1.82) is 0 Å². The van der Waals surface area contributed by atoms with Crippen molar-refractivity contribution in [2.75, 3.05) is 26.2 Å². The Labute approximate surface area is 191 Å². The molecule has 0 bridgehead atoms. The molecule has 1 N–H and O–H groups in total. The molecule has 0 amide bonds. The van der Waals surface area contributed by atoms with E-state index in [4.69, 9.17) is 0 Å². The van der Waals surface area contributed by atoms with Crippen LogP contribution in [0.4, 0.5) is 13.2 Å². The zero-order valence-corrected chi connectivity index (χ0v) is 19.5. The zero-order valence-electron chi connectivity index (χ0n) is 18.7. The van der Waals surface area contributed by atoms with Gasteiger partial charge in [-0.05, 0) is 44.4 Å². The van der Waals surface area contributed by atoms with Gasteiger partial charge in [-0.15, -0.1) is 0 Å². The van der Waals surface area contributed by atoms with Crippen LogP contribution in [-0.4, -0.2) is 70.7 Å². The number of imidazole rings is 1. The van der Waals surface area contributed by atoms with Gasteiger partial charge >= 0.3 is 6.18 Å². The highest BCUT2D eigenvalue weighted by Crippen LogP contribution is 2.48. The van der Waals surface area contributed by atoms with Gasteiger partial charge in [0.05, 0.1) is 11.2 Å². The van der Waals surface area contributed by atoms with E-state index in [2.05, 4.69) is 14.5 Å². The van der Waals surface area contributed by atoms with Crippen LogP contribution in [0.1, 0.15) is 32.3 Å². The molecule has 11 heteroatoms. The second-order valence-electron chi connectivity index (χ2n) is 9.53. The number of hydrogen-bond acceptors (Lipinski definition) is 5. The van der Waals surface area contributed by atoms with Crippen molar-refractivity contribution in [2.45, 2.75) is 55.9 Å². The Bertz CT molecular complexity index is 1070. The van der Waals surface area contributed by atoms with E-state index in [1.165, 1.54) is 4.31 Å². The van der Waals surface area contributed by atoms with Gasteiger partial charge in [0.15, 0.2) is 5.60 Å². The first kappa shape index (κ1) is 24.2. The lowest BCUT2D eigenvalue weighted by atomic mass is 9.96. The van der Waals surface area contributed by atoms with Gasteiger partial charge in [0.2, 0.25) is 10.0 Å². The van der Waals surface area contributed by atoms with E-state index in [1.807, 2.05) is 19.4 Å². The normalized spacial score (nSPS) is 23.9. The average molecular weight is 487 g/mol. The van der Waals surface area contributed by atoms with Crippen LogP contribution >= 0.6 is 0 Å². The Morgan fingerprint density at radius 3 is 2.33 bits per heavy atom. The Morgan fingerprint density at radius 2 is 1.82 bits per heavy atom. The SMILES string of the molecule is CC1CN(CC2(Cn3ccnc3)CC2)CCN1S(=O)(=O)c1ccc(C(C)(O)C(F)(F)F)cc1. The molecule has 2 aliphatic rings. The van der Waals surface area contributed by atoms with Gasteiger partial charge in [0, 0.05) is 56.6 Å². The van der Waals surface area contributed by atoms with E-state index < -0.39 is 27.4 Å². The van der Waals surface area contributed by atoms with Gasteiger partial charge in [-0.25, -0.2) is 13.4 Å². The summed E-state index contributed by atoms with van der Waals surface area (Å²) in [4.78, 5) is 6.31. The number of piperazine rings is 1. The molecule has 182 valence electrons. The summed E-state index contributed by atoms with van der Waals surface area (Å²) in [6, 6.07) is 4.04. The molecule has 1 aromatic carbocycles. The van der Waals surface area contributed by atoms with Gasteiger partial charge in [-0.2, -0.15) is 17.5 Å². The fourth-order valence-electron chi connectivity index (χ4n) is 4.55. The molecular weight excluding hydrogens is 457 g/mol. The first-order chi connectivity index (χ1) is 15.3. The molecule has 33 heavy (non-hydrogen) atoms. The Hall–Kier alpha value is -1.95. The Balaban J connectivity index is 1.41. The van der Waals surface area contributed by atoms with Crippen molar-refractivity contribution >= 4 is 10.0 Å². The maximum atomic E-state index is 13.2. The van der Waals surface area contributed by atoms with Gasteiger partial charge in [0.1, 0.15) is 0 Å². The number of aliphatic hydroxyl groups is 1. The topological polar surface area (TPSA) is 78.7 Å². The number of aromatic nitrogens is 2. The van der Waals surface area contributed by atoms with Crippen molar-refractivity contribution in [3.8, 4) is 0 Å². The van der Waals surface area contributed by atoms with Crippen molar-refractivity contribution in [3.63, 3.8) is 0 Å². The van der Waals surface area contributed by atoms with E-state index >= 15 is 0 Å². The first-order valence-corrected chi connectivity index (χ1v) is 12.4. The second-order valence-corrected chi connectivity index (χ2v) is 11.4. The maximum absolute atomic E-state index is 13.2. The smallest absolute Gasteiger partial charge is 0.376 e. The highest BCUT2D eigenvalue weighted by atomic mass is 32.2. The quantitative estimate of drug-likeness (QED) is 0.651. The summed E-state index contributed by atoms with van der Waals surface area (Å²) in [5, 5.41) is 9.82. The lowest BCUT2D eigenvalue weighted by Gasteiger charge is -2.40. The molecule has 1 aromatic heterocycles. The summed E-state index contributed by atoms with van der Waals surface area (Å²) in [5.41, 5.74) is -3.25.